The molecule has 0 unspecified atom stereocenters. The van der Waals surface area contributed by atoms with Gasteiger partial charge in [-0.15, -0.1) is 11.8 Å². The van der Waals surface area contributed by atoms with E-state index in [2.05, 4.69) is 12.1 Å². The van der Waals surface area contributed by atoms with Crippen LogP contribution in [0.25, 0.3) is 0 Å². The molecule has 0 atom stereocenters. The summed E-state index contributed by atoms with van der Waals surface area (Å²) in [6, 6.07) is 18.0. The number of ether oxygens (including phenoxy) is 2. The van der Waals surface area contributed by atoms with Crippen LogP contribution in [-0.2, 0) is 15.3 Å². The minimum atomic E-state index is -0.219. The molecule has 0 aliphatic carbocycles. The zero-order valence-electron chi connectivity index (χ0n) is 12.7. The summed E-state index contributed by atoms with van der Waals surface area (Å²) in [4.78, 5) is 12.8. The minimum Gasteiger partial charge on any atom is -0.427 e. The van der Waals surface area contributed by atoms with Crippen LogP contribution in [0.5, 0.6) is 5.75 Å². The van der Waals surface area contributed by atoms with Gasteiger partial charge in [-0.2, -0.15) is 0 Å². The summed E-state index contributed by atoms with van der Waals surface area (Å²) < 4.78 is 10.2. The normalized spacial score (nSPS) is 10.4. The molecule has 0 saturated carbocycles. The molecule has 0 fully saturated rings. The van der Waals surface area contributed by atoms with Gasteiger partial charge < -0.3 is 9.47 Å². The molecule has 0 aliphatic rings. The van der Waals surface area contributed by atoms with Gasteiger partial charge in [-0.1, -0.05) is 30.3 Å². The lowest BCUT2D eigenvalue weighted by Gasteiger charge is -2.06. The molecular formula is C18H20O3S. The van der Waals surface area contributed by atoms with E-state index in [1.54, 1.807) is 18.9 Å². The van der Waals surface area contributed by atoms with Crippen molar-refractivity contribution in [2.45, 2.75) is 23.5 Å². The van der Waals surface area contributed by atoms with Crippen LogP contribution in [0.3, 0.4) is 0 Å². The van der Waals surface area contributed by atoms with E-state index in [1.165, 1.54) is 10.5 Å². The number of carbonyl (C=O) groups excluding carboxylic acids is 1. The third-order valence-electron chi connectivity index (χ3n) is 3.03. The van der Waals surface area contributed by atoms with Gasteiger partial charge >= 0.3 is 5.97 Å². The molecule has 0 amide bonds. The Kier molecular flexibility index (Phi) is 7.00. The molecule has 0 saturated heterocycles. The Hall–Kier alpha value is -1.78. The molecule has 4 heteroatoms. The van der Waals surface area contributed by atoms with Gasteiger partial charge in [0.2, 0.25) is 0 Å². The Labute approximate surface area is 135 Å². The SMILES string of the molecule is COCCCC(=O)Oc1ccc(CSc2ccccc2)cc1. The lowest BCUT2D eigenvalue weighted by atomic mass is 10.2. The van der Waals surface area contributed by atoms with Gasteiger partial charge in [0, 0.05) is 30.8 Å². The molecular weight excluding hydrogens is 296 g/mol. The fourth-order valence-electron chi connectivity index (χ4n) is 1.88. The van der Waals surface area contributed by atoms with E-state index >= 15 is 0 Å². The maximum Gasteiger partial charge on any atom is 0.311 e. The molecule has 0 spiro atoms. The minimum absolute atomic E-state index is 0.219. The maximum atomic E-state index is 11.6. The van der Waals surface area contributed by atoms with Crippen LogP contribution >= 0.6 is 11.8 Å². The Balaban J connectivity index is 1.79. The first-order chi connectivity index (χ1) is 10.8. The maximum absolute atomic E-state index is 11.6. The van der Waals surface area contributed by atoms with Crippen LogP contribution in [0.4, 0.5) is 0 Å². The number of carbonyl (C=O) groups is 1. The van der Waals surface area contributed by atoms with E-state index in [4.69, 9.17) is 9.47 Å². The van der Waals surface area contributed by atoms with E-state index in [-0.39, 0.29) is 5.97 Å². The number of methoxy groups -OCH3 is 1. The molecule has 2 rings (SSSR count). The van der Waals surface area contributed by atoms with Gasteiger partial charge in [-0.25, -0.2) is 0 Å². The van der Waals surface area contributed by atoms with Crippen molar-refractivity contribution < 1.29 is 14.3 Å². The van der Waals surface area contributed by atoms with Gasteiger partial charge in [0.25, 0.3) is 0 Å². The molecule has 0 radical (unpaired) electrons. The molecule has 0 N–H and O–H groups in total. The molecule has 0 bridgehead atoms. The Bertz CT molecular complexity index is 567. The molecule has 0 aliphatic heterocycles. The van der Waals surface area contributed by atoms with Gasteiger partial charge in [-0.3, -0.25) is 4.79 Å². The highest BCUT2D eigenvalue weighted by atomic mass is 32.2. The molecule has 22 heavy (non-hydrogen) atoms. The number of rotatable bonds is 8. The van der Waals surface area contributed by atoms with Crippen molar-refractivity contribution in [1.29, 1.82) is 0 Å². The van der Waals surface area contributed by atoms with Crippen LogP contribution in [0.1, 0.15) is 18.4 Å². The monoisotopic (exact) mass is 316 g/mol. The van der Waals surface area contributed by atoms with E-state index < -0.39 is 0 Å². The zero-order valence-corrected chi connectivity index (χ0v) is 13.5. The topological polar surface area (TPSA) is 35.5 Å². The predicted molar refractivity (Wildman–Crippen MR) is 89.2 cm³/mol. The van der Waals surface area contributed by atoms with Crippen molar-refractivity contribution >= 4 is 17.7 Å². The lowest BCUT2D eigenvalue weighted by Crippen LogP contribution is -2.08. The molecule has 2 aromatic carbocycles. The van der Waals surface area contributed by atoms with Gasteiger partial charge in [-0.05, 0) is 36.2 Å². The highest BCUT2D eigenvalue weighted by Gasteiger charge is 2.04. The van der Waals surface area contributed by atoms with Crippen LogP contribution < -0.4 is 4.74 Å². The van der Waals surface area contributed by atoms with Gasteiger partial charge in [0.05, 0.1) is 0 Å². The summed E-state index contributed by atoms with van der Waals surface area (Å²) in [5.41, 5.74) is 1.20. The standard InChI is InChI=1S/C18H20O3S/c1-20-13-5-8-18(19)21-16-11-9-15(10-12-16)14-22-17-6-3-2-4-7-17/h2-4,6-7,9-12H,5,8,13-14H2,1H3. The Morgan fingerprint density at radius 1 is 1.05 bits per heavy atom. The summed E-state index contributed by atoms with van der Waals surface area (Å²) >= 11 is 1.79. The quantitative estimate of drug-likeness (QED) is 0.315. The fraction of sp³-hybridized carbons (Fsp3) is 0.278. The molecule has 3 nitrogen and oxygen atoms in total. The largest absolute Gasteiger partial charge is 0.427 e. The van der Waals surface area contributed by atoms with E-state index in [1.807, 2.05) is 42.5 Å². The van der Waals surface area contributed by atoms with Crippen molar-refractivity contribution in [3.8, 4) is 5.75 Å². The van der Waals surface area contributed by atoms with E-state index in [9.17, 15) is 4.79 Å². The molecule has 0 heterocycles. The first kappa shape index (κ1) is 16.6. The first-order valence-electron chi connectivity index (χ1n) is 7.24. The average Bonchev–Trinajstić information content (AvgIpc) is 2.55. The van der Waals surface area contributed by atoms with Crippen molar-refractivity contribution in [2.75, 3.05) is 13.7 Å². The Morgan fingerprint density at radius 2 is 1.77 bits per heavy atom. The summed E-state index contributed by atoms with van der Waals surface area (Å²) in [7, 11) is 1.62. The van der Waals surface area contributed by atoms with Crippen LogP contribution in [-0.4, -0.2) is 19.7 Å². The van der Waals surface area contributed by atoms with Crippen molar-refractivity contribution in [3.05, 3.63) is 60.2 Å². The third-order valence-corrected chi connectivity index (χ3v) is 4.12. The Morgan fingerprint density at radius 3 is 2.45 bits per heavy atom. The van der Waals surface area contributed by atoms with E-state index in [0.717, 1.165) is 5.75 Å². The third kappa shape index (κ3) is 5.92. The van der Waals surface area contributed by atoms with Crippen molar-refractivity contribution in [2.24, 2.45) is 0 Å². The van der Waals surface area contributed by atoms with Crippen LogP contribution in [0.15, 0.2) is 59.5 Å². The highest BCUT2D eigenvalue weighted by molar-refractivity contribution is 7.98. The smallest absolute Gasteiger partial charge is 0.311 e. The number of hydrogen-bond donors (Lipinski definition) is 0. The highest BCUT2D eigenvalue weighted by Crippen LogP contribution is 2.23. The van der Waals surface area contributed by atoms with Crippen molar-refractivity contribution in [1.82, 2.24) is 0 Å². The van der Waals surface area contributed by atoms with Crippen LogP contribution in [0.2, 0.25) is 0 Å². The second kappa shape index (κ2) is 9.28. The second-order valence-corrected chi connectivity index (χ2v) is 5.86. The van der Waals surface area contributed by atoms with Crippen LogP contribution in [0, 0.1) is 0 Å². The number of benzene rings is 2. The number of esters is 1. The summed E-state index contributed by atoms with van der Waals surface area (Å²) in [5, 5.41) is 0. The zero-order chi connectivity index (χ0) is 15.6. The average molecular weight is 316 g/mol. The van der Waals surface area contributed by atoms with Gasteiger partial charge in [0.15, 0.2) is 0 Å². The van der Waals surface area contributed by atoms with E-state index in [0.29, 0.717) is 25.2 Å². The fourth-order valence-corrected chi connectivity index (χ4v) is 2.76. The first-order valence-corrected chi connectivity index (χ1v) is 8.23. The molecule has 2 aromatic rings. The summed E-state index contributed by atoms with van der Waals surface area (Å²) in [6.07, 6.45) is 1.06. The number of hydrogen-bond acceptors (Lipinski definition) is 4. The second-order valence-electron chi connectivity index (χ2n) is 4.82. The number of thioether (sulfide) groups is 1. The predicted octanol–water partition coefficient (Wildman–Crippen LogP) is 4.31. The molecule has 116 valence electrons. The molecule has 0 aromatic heterocycles. The summed E-state index contributed by atoms with van der Waals surface area (Å²) in [5.74, 6) is 1.27. The van der Waals surface area contributed by atoms with Gasteiger partial charge in [0.1, 0.15) is 5.75 Å². The van der Waals surface area contributed by atoms with Crippen molar-refractivity contribution in [3.63, 3.8) is 0 Å². The summed E-state index contributed by atoms with van der Waals surface area (Å²) in [6.45, 7) is 0.574. The lowest BCUT2D eigenvalue weighted by molar-refractivity contribution is -0.134.